The van der Waals surface area contributed by atoms with Crippen molar-refractivity contribution < 1.29 is 13.3 Å². The SMILES string of the molecule is O=S(CC1(OCc2ccccc2)CCN(CCc2csc3ccccc23)CC1)c1ccc(F)cc1. The molecule has 1 saturated heterocycles. The van der Waals surface area contributed by atoms with Crippen LogP contribution in [0.3, 0.4) is 0 Å². The van der Waals surface area contributed by atoms with Gasteiger partial charge in [-0.3, -0.25) is 4.21 Å². The maximum Gasteiger partial charge on any atom is 0.123 e. The Hall–Kier alpha value is -2.38. The molecule has 1 atom stereocenters. The maximum absolute atomic E-state index is 13.4. The molecule has 0 aliphatic carbocycles. The van der Waals surface area contributed by atoms with Crippen molar-refractivity contribution in [3.63, 3.8) is 0 Å². The molecule has 1 aliphatic heterocycles. The van der Waals surface area contributed by atoms with Crippen molar-refractivity contribution in [2.45, 2.75) is 36.4 Å². The minimum atomic E-state index is -1.25. The first-order chi connectivity index (χ1) is 17.1. The zero-order chi connectivity index (χ0) is 24.1. The normalized spacial score (nSPS) is 16.9. The lowest BCUT2D eigenvalue weighted by Gasteiger charge is -2.41. The molecule has 4 aromatic rings. The van der Waals surface area contributed by atoms with E-state index in [0.717, 1.165) is 44.5 Å². The van der Waals surface area contributed by atoms with Crippen LogP contribution in [0.1, 0.15) is 24.0 Å². The van der Waals surface area contributed by atoms with Gasteiger partial charge in [0.1, 0.15) is 5.82 Å². The number of hydrogen-bond acceptors (Lipinski definition) is 4. The number of likely N-dealkylation sites (tertiary alicyclic amines) is 1. The van der Waals surface area contributed by atoms with E-state index < -0.39 is 16.4 Å². The molecule has 35 heavy (non-hydrogen) atoms. The molecule has 5 rings (SSSR count). The lowest BCUT2D eigenvalue weighted by atomic mass is 9.92. The fourth-order valence-electron chi connectivity index (χ4n) is 4.74. The molecule has 1 fully saturated rings. The summed E-state index contributed by atoms with van der Waals surface area (Å²) in [7, 11) is -1.25. The number of nitrogens with zero attached hydrogens (tertiary/aromatic N) is 1. The summed E-state index contributed by atoms with van der Waals surface area (Å²) in [5.74, 6) is 0.113. The number of hydrogen-bond donors (Lipinski definition) is 0. The van der Waals surface area contributed by atoms with Gasteiger partial charge in [0.05, 0.1) is 28.8 Å². The molecule has 0 spiro atoms. The van der Waals surface area contributed by atoms with E-state index >= 15 is 0 Å². The molecule has 1 aromatic heterocycles. The number of ether oxygens (including phenoxy) is 1. The van der Waals surface area contributed by atoms with E-state index in [-0.39, 0.29) is 5.82 Å². The second-order valence-electron chi connectivity index (χ2n) is 9.25. The Morgan fingerprint density at radius 2 is 1.66 bits per heavy atom. The number of halogens is 1. The Bertz CT molecular complexity index is 1260. The van der Waals surface area contributed by atoms with E-state index in [1.165, 1.54) is 27.8 Å². The fourth-order valence-corrected chi connectivity index (χ4v) is 7.19. The molecule has 3 nitrogen and oxygen atoms in total. The lowest BCUT2D eigenvalue weighted by molar-refractivity contribution is -0.0772. The highest BCUT2D eigenvalue weighted by Gasteiger charge is 2.37. The van der Waals surface area contributed by atoms with E-state index in [9.17, 15) is 8.60 Å². The number of rotatable bonds is 9. The Labute approximate surface area is 213 Å². The third kappa shape index (κ3) is 6.07. The minimum Gasteiger partial charge on any atom is -0.369 e. The van der Waals surface area contributed by atoms with Gasteiger partial charge < -0.3 is 9.64 Å². The average molecular weight is 508 g/mol. The highest BCUT2D eigenvalue weighted by molar-refractivity contribution is 7.85. The van der Waals surface area contributed by atoms with Crippen LogP contribution in [-0.4, -0.2) is 40.1 Å². The van der Waals surface area contributed by atoms with Crippen LogP contribution in [0, 0.1) is 5.82 Å². The minimum absolute atomic E-state index is 0.313. The zero-order valence-corrected chi connectivity index (χ0v) is 21.3. The Morgan fingerprint density at radius 1 is 0.943 bits per heavy atom. The van der Waals surface area contributed by atoms with Crippen LogP contribution < -0.4 is 0 Å². The first-order valence-electron chi connectivity index (χ1n) is 12.1. The van der Waals surface area contributed by atoms with Crippen molar-refractivity contribution in [2.24, 2.45) is 0 Å². The second-order valence-corrected chi connectivity index (χ2v) is 11.6. The van der Waals surface area contributed by atoms with Crippen LogP contribution in [0.4, 0.5) is 4.39 Å². The zero-order valence-electron chi connectivity index (χ0n) is 19.7. The number of piperidine rings is 1. The van der Waals surface area contributed by atoms with Gasteiger partial charge in [0.2, 0.25) is 0 Å². The van der Waals surface area contributed by atoms with Crippen molar-refractivity contribution in [1.29, 1.82) is 0 Å². The summed E-state index contributed by atoms with van der Waals surface area (Å²) in [6.45, 7) is 3.34. The molecule has 182 valence electrons. The smallest absolute Gasteiger partial charge is 0.123 e. The van der Waals surface area contributed by atoms with Crippen molar-refractivity contribution >= 4 is 32.2 Å². The molecule has 0 N–H and O–H groups in total. The Balaban J connectivity index is 1.24. The van der Waals surface area contributed by atoms with Crippen LogP contribution in [0.15, 0.2) is 89.1 Å². The predicted molar refractivity (Wildman–Crippen MR) is 143 cm³/mol. The largest absolute Gasteiger partial charge is 0.369 e. The monoisotopic (exact) mass is 507 g/mol. The van der Waals surface area contributed by atoms with E-state index in [1.54, 1.807) is 12.1 Å². The van der Waals surface area contributed by atoms with Gasteiger partial charge in [-0.25, -0.2) is 4.39 Å². The van der Waals surface area contributed by atoms with Gasteiger partial charge in [-0.1, -0.05) is 48.5 Å². The van der Waals surface area contributed by atoms with Gasteiger partial charge >= 0.3 is 0 Å². The molecule has 3 aromatic carbocycles. The highest BCUT2D eigenvalue weighted by atomic mass is 32.2. The quantitative estimate of drug-likeness (QED) is 0.261. The fraction of sp³-hybridized carbons (Fsp3) is 0.310. The summed E-state index contributed by atoms with van der Waals surface area (Å²) < 4.78 is 34.5. The van der Waals surface area contributed by atoms with Crippen molar-refractivity contribution in [3.8, 4) is 0 Å². The van der Waals surface area contributed by atoms with E-state index in [1.807, 2.05) is 29.5 Å². The van der Waals surface area contributed by atoms with Crippen LogP contribution in [0.5, 0.6) is 0 Å². The van der Waals surface area contributed by atoms with Crippen LogP contribution in [0.25, 0.3) is 10.1 Å². The molecular formula is C29H30FNO2S2. The molecule has 1 unspecified atom stereocenters. The summed E-state index contributed by atoms with van der Waals surface area (Å²) in [6.07, 6.45) is 2.69. The summed E-state index contributed by atoms with van der Waals surface area (Å²) in [6, 6.07) is 24.7. The van der Waals surface area contributed by atoms with Gasteiger partial charge in [-0.2, -0.15) is 0 Å². The van der Waals surface area contributed by atoms with Gasteiger partial charge in [0.15, 0.2) is 0 Å². The molecule has 0 amide bonds. The van der Waals surface area contributed by atoms with Crippen molar-refractivity contribution in [2.75, 3.05) is 25.4 Å². The molecule has 0 radical (unpaired) electrons. The van der Waals surface area contributed by atoms with E-state index in [0.29, 0.717) is 17.3 Å². The van der Waals surface area contributed by atoms with Crippen molar-refractivity contribution in [3.05, 3.63) is 101 Å². The van der Waals surface area contributed by atoms with Crippen LogP contribution >= 0.6 is 11.3 Å². The van der Waals surface area contributed by atoms with Gasteiger partial charge in [0.25, 0.3) is 0 Å². The Kier molecular flexibility index (Phi) is 7.73. The van der Waals surface area contributed by atoms with Crippen LogP contribution in [-0.2, 0) is 28.6 Å². The standard InChI is InChI=1S/C29H30FNO2S2/c30-25-10-12-26(13-11-25)35(32)22-29(33-20-23-6-2-1-3-7-23)15-18-31(19-16-29)17-14-24-21-34-28-9-5-4-8-27(24)28/h1-13,21H,14-20,22H2. The molecule has 0 bridgehead atoms. The van der Waals surface area contributed by atoms with Gasteiger partial charge in [0, 0.05) is 29.2 Å². The summed E-state index contributed by atoms with van der Waals surface area (Å²) in [5, 5.41) is 3.65. The molecular weight excluding hydrogens is 477 g/mol. The highest BCUT2D eigenvalue weighted by Crippen LogP contribution is 2.31. The van der Waals surface area contributed by atoms with Gasteiger partial charge in [-0.05, 0) is 71.5 Å². The summed E-state index contributed by atoms with van der Waals surface area (Å²) >= 11 is 1.81. The third-order valence-electron chi connectivity index (χ3n) is 6.88. The average Bonchev–Trinajstić information content (AvgIpc) is 3.31. The molecule has 6 heteroatoms. The first kappa shape index (κ1) is 24.3. The number of benzene rings is 3. The Morgan fingerprint density at radius 3 is 2.43 bits per heavy atom. The van der Waals surface area contributed by atoms with Gasteiger partial charge in [-0.15, -0.1) is 11.3 Å². The summed E-state index contributed by atoms with van der Waals surface area (Å²) in [4.78, 5) is 3.15. The topological polar surface area (TPSA) is 29.5 Å². The second kappa shape index (κ2) is 11.1. The predicted octanol–water partition coefficient (Wildman–Crippen LogP) is 6.44. The van der Waals surface area contributed by atoms with Crippen molar-refractivity contribution in [1.82, 2.24) is 4.90 Å². The number of thiophene rings is 1. The first-order valence-corrected chi connectivity index (χ1v) is 14.3. The van der Waals surface area contributed by atoms with Crippen LogP contribution in [0.2, 0.25) is 0 Å². The van der Waals surface area contributed by atoms with E-state index in [2.05, 4.69) is 46.7 Å². The molecule has 1 aliphatic rings. The third-order valence-corrected chi connectivity index (χ3v) is 9.48. The molecule has 0 saturated carbocycles. The van der Waals surface area contributed by atoms with E-state index in [4.69, 9.17) is 4.74 Å². The molecule has 2 heterocycles. The lowest BCUT2D eigenvalue weighted by Crippen LogP contribution is -2.49. The summed E-state index contributed by atoms with van der Waals surface area (Å²) in [5.41, 5.74) is 2.08. The maximum atomic E-state index is 13.4. The number of fused-ring (bicyclic) bond motifs is 1.